The number of ketones is 1. The molecule has 0 saturated heterocycles. The van der Waals surface area contributed by atoms with Crippen molar-refractivity contribution < 1.29 is 45.4 Å². The summed E-state index contributed by atoms with van der Waals surface area (Å²) < 4.78 is 100. The Labute approximate surface area is 227 Å². The molecule has 3 aromatic rings. The second-order valence-corrected chi connectivity index (χ2v) is 11.7. The Morgan fingerprint density at radius 2 is 1.21 bits per heavy atom. The van der Waals surface area contributed by atoms with Crippen molar-refractivity contribution >= 4 is 45.6 Å². The minimum Gasteiger partial charge on any atom is -0.456 e. The molecule has 0 aliphatic heterocycles. The molecule has 1 aliphatic rings. The van der Waals surface area contributed by atoms with Crippen LogP contribution in [0.15, 0.2) is 36.4 Å². The van der Waals surface area contributed by atoms with Crippen molar-refractivity contribution in [3.8, 4) is 0 Å². The van der Waals surface area contributed by atoms with E-state index in [1.54, 1.807) is 0 Å². The summed E-state index contributed by atoms with van der Waals surface area (Å²) in [6, 6.07) is 7.88. The molecule has 4 rings (SSSR count). The maximum absolute atomic E-state index is 15.2. The van der Waals surface area contributed by atoms with Crippen molar-refractivity contribution in [2.24, 2.45) is 0 Å². The molecule has 4 nitrogen and oxygen atoms in total. The van der Waals surface area contributed by atoms with Gasteiger partial charge in [-0.15, -0.1) is 22.7 Å². The number of allylic oxidation sites excluding steroid dienone is 2. The van der Waals surface area contributed by atoms with Crippen molar-refractivity contribution in [1.82, 2.24) is 0 Å². The molecule has 208 valence electrons. The van der Waals surface area contributed by atoms with Crippen molar-refractivity contribution in [2.75, 3.05) is 7.11 Å². The third kappa shape index (κ3) is 4.82. The number of benzene rings is 1. The number of methoxy groups -OCH3 is 1. The fourth-order valence-electron chi connectivity index (χ4n) is 4.36. The van der Waals surface area contributed by atoms with Gasteiger partial charge < -0.3 is 9.47 Å². The lowest BCUT2D eigenvalue weighted by molar-refractivity contribution is -0.254. The Hall–Kier alpha value is -2.96. The van der Waals surface area contributed by atoms with E-state index in [0.29, 0.717) is 10.4 Å². The van der Waals surface area contributed by atoms with E-state index < -0.39 is 52.6 Å². The highest BCUT2D eigenvalue weighted by Gasteiger charge is 2.80. The third-order valence-electron chi connectivity index (χ3n) is 6.30. The number of thiophene rings is 2. The number of ether oxygens (including phenoxy) is 2. The smallest absolute Gasteiger partial charge is 0.380 e. The van der Waals surface area contributed by atoms with Crippen molar-refractivity contribution in [3.05, 3.63) is 78.2 Å². The van der Waals surface area contributed by atoms with Gasteiger partial charge in [-0.1, -0.05) is 12.1 Å². The second-order valence-electron chi connectivity index (χ2n) is 8.98. The average Bonchev–Trinajstić information content (AvgIpc) is 3.43. The summed E-state index contributed by atoms with van der Waals surface area (Å²) >= 11 is 1.85. The van der Waals surface area contributed by atoms with Crippen LogP contribution in [0.25, 0.3) is 11.1 Å². The van der Waals surface area contributed by atoms with Crippen LogP contribution < -0.4 is 0 Å². The van der Waals surface area contributed by atoms with E-state index >= 15 is 17.6 Å². The van der Waals surface area contributed by atoms with E-state index in [4.69, 9.17) is 9.47 Å². The van der Waals surface area contributed by atoms with Gasteiger partial charge in [-0.3, -0.25) is 4.79 Å². The molecule has 12 heteroatoms. The fraction of sp³-hybridized carbons (Fsp3) is 0.333. The minimum absolute atomic E-state index is 0.00303. The van der Waals surface area contributed by atoms with Crippen LogP contribution >= 0.6 is 22.7 Å². The van der Waals surface area contributed by atoms with E-state index in [9.17, 15) is 18.4 Å². The Morgan fingerprint density at radius 3 is 1.64 bits per heavy atom. The molecule has 1 aliphatic carbocycles. The lowest BCUT2D eigenvalue weighted by Crippen LogP contribution is -2.48. The highest BCUT2D eigenvalue weighted by Crippen LogP contribution is 2.65. The quantitative estimate of drug-likeness (QED) is 0.152. The van der Waals surface area contributed by atoms with Gasteiger partial charge in [0.1, 0.15) is 6.61 Å². The Balaban J connectivity index is 1.73. The number of carbonyl (C=O) groups is 2. The van der Waals surface area contributed by atoms with Gasteiger partial charge in [-0.25, -0.2) is 4.79 Å². The van der Waals surface area contributed by atoms with Gasteiger partial charge >= 0.3 is 23.7 Å². The highest BCUT2D eigenvalue weighted by molar-refractivity contribution is 7.12. The fourth-order valence-corrected chi connectivity index (χ4v) is 6.34. The Morgan fingerprint density at radius 1 is 0.769 bits per heavy atom. The largest absolute Gasteiger partial charge is 0.456 e. The topological polar surface area (TPSA) is 52.6 Å². The standard InChI is InChI=1S/C27H22F6O4S2/c1-13(34)16-5-7-17(8-6-16)24(35)37-12-19-10-21(15(3)39-19)23-22(20-9-18(11-36-4)38-14(20)2)25(28,29)27(32,33)26(23,30)31/h5-10H,11-12H2,1-4H3. The number of esters is 1. The summed E-state index contributed by atoms with van der Waals surface area (Å²) in [5.74, 6) is -17.0. The predicted octanol–water partition coefficient (Wildman–Crippen LogP) is 7.96. The molecular weight excluding hydrogens is 566 g/mol. The average molecular weight is 589 g/mol. The van der Waals surface area contributed by atoms with Crippen LogP contribution in [0.2, 0.25) is 0 Å². The molecule has 0 fully saturated rings. The SMILES string of the molecule is COCc1cc(C2=C(c3cc(COC(=O)c4ccc(C(C)=O)cc4)sc3C)C(F)(F)C(F)(F)C2(F)F)c(C)s1. The van der Waals surface area contributed by atoms with Crippen molar-refractivity contribution in [1.29, 1.82) is 0 Å². The first-order chi connectivity index (χ1) is 18.1. The third-order valence-corrected chi connectivity index (χ3v) is 8.35. The van der Waals surface area contributed by atoms with E-state index in [0.717, 1.165) is 28.7 Å². The molecule has 0 radical (unpaired) electrons. The summed E-state index contributed by atoms with van der Waals surface area (Å²) in [6.45, 7) is 3.69. The molecule has 0 bridgehead atoms. The first-order valence-corrected chi connectivity index (χ1v) is 13.1. The summed E-state index contributed by atoms with van der Waals surface area (Å²) in [6.07, 6.45) is 0. The van der Waals surface area contributed by atoms with Crippen LogP contribution in [-0.2, 0) is 22.7 Å². The number of hydrogen-bond donors (Lipinski definition) is 0. The number of alkyl halides is 6. The number of aryl methyl sites for hydroxylation is 2. The van der Waals surface area contributed by atoms with Gasteiger partial charge in [0.05, 0.1) is 12.2 Å². The van der Waals surface area contributed by atoms with Crippen LogP contribution in [0.5, 0.6) is 0 Å². The zero-order valence-corrected chi connectivity index (χ0v) is 22.7. The van der Waals surface area contributed by atoms with E-state index in [-0.39, 0.29) is 32.6 Å². The zero-order chi connectivity index (χ0) is 28.9. The first kappa shape index (κ1) is 29.0. The number of Topliss-reactive ketones (excluding diaryl/α,β-unsaturated/α-hetero) is 1. The number of halogens is 6. The van der Waals surface area contributed by atoms with E-state index in [1.807, 2.05) is 0 Å². The number of rotatable bonds is 8. The highest BCUT2D eigenvalue weighted by atomic mass is 32.1. The summed E-state index contributed by atoms with van der Waals surface area (Å²) in [4.78, 5) is 24.7. The van der Waals surface area contributed by atoms with Crippen LogP contribution in [-0.4, -0.2) is 36.6 Å². The van der Waals surface area contributed by atoms with Crippen molar-refractivity contribution in [2.45, 2.75) is 51.8 Å². The van der Waals surface area contributed by atoms with E-state index in [1.165, 1.54) is 58.2 Å². The lowest BCUT2D eigenvalue weighted by atomic mass is 9.95. The monoisotopic (exact) mass is 588 g/mol. The number of carbonyl (C=O) groups excluding carboxylic acids is 2. The maximum Gasteiger partial charge on any atom is 0.380 e. The molecule has 0 unspecified atom stereocenters. The minimum atomic E-state index is -5.67. The molecule has 2 aromatic heterocycles. The van der Waals surface area contributed by atoms with Gasteiger partial charge in [0, 0.05) is 43.3 Å². The maximum atomic E-state index is 15.2. The van der Waals surface area contributed by atoms with Gasteiger partial charge in [-0.2, -0.15) is 26.3 Å². The molecule has 0 saturated carbocycles. The first-order valence-electron chi connectivity index (χ1n) is 11.5. The Kier molecular flexibility index (Phi) is 7.61. The van der Waals surface area contributed by atoms with Gasteiger partial charge in [0.15, 0.2) is 5.78 Å². The summed E-state index contributed by atoms with van der Waals surface area (Å²) in [5, 5.41) is 0. The van der Waals surface area contributed by atoms with Crippen LogP contribution in [0, 0.1) is 13.8 Å². The van der Waals surface area contributed by atoms with E-state index in [2.05, 4.69) is 0 Å². The Bertz CT molecular complexity index is 1470. The molecule has 0 spiro atoms. The molecule has 39 heavy (non-hydrogen) atoms. The normalized spacial score (nSPS) is 17.5. The molecule has 0 atom stereocenters. The summed E-state index contributed by atoms with van der Waals surface area (Å²) in [7, 11) is 1.36. The molecular formula is C27H22F6O4S2. The van der Waals surface area contributed by atoms with Crippen LogP contribution in [0.1, 0.15) is 58.3 Å². The molecule has 0 amide bonds. The van der Waals surface area contributed by atoms with Crippen molar-refractivity contribution in [3.63, 3.8) is 0 Å². The second kappa shape index (κ2) is 10.2. The number of hydrogen-bond acceptors (Lipinski definition) is 6. The van der Waals surface area contributed by atoms with Gasteiger partial charge in [-0.05, 0) is 56.2 Å². The van der Waals surface area contributed by atoms with Gasteiger partial charge in [0.25, 0.3) is 0 Å². The molecule has 0 N–H and O–H groups in total. The molecule has 2 heterocycles. The predicted molar refractivity (Wildman–Crippen MR) is 136 cm³/mol. The summed E-state index contributed by atoms with van der Waals surface area (Å²) in [5.41, 5.74) is -3.23. The van der Waals surface area contributed by atoms with Crippen LogP contribution in [0.3, 0.4) is 0 Å². The lowest BCUT2D eigenvalue weighted by Gasteiger charge is -2.25. The molecule has 1 aromatic carbocycles. The zero-order valence-electron chi connectivity index (χ0n) is 21.1. The van der Waals surface area contributed by atoms with Crippen LogP contribution in [0.4, 0.5) is 26.3 Å². The van der Waals surface area contributed by atoms with Gasteiger partial charge in [0.2, 0.25) is 0 Å².